The lowest BCUT2D eigenvalue weighted by Gasteiger charge is -2.29. The summed E-state index contributed by atoms with van der Waals surface area (Å²) >= 11 is 8.26. The maximum Gasteiger partial charge on any atom is 0.0446 e. The minimum Gasteiger partial charge on any atom is -0.314 e. The van der Waals surface area contributed by atoms with Crippen LogP contribution < -0.4 is 5.32 Å². The van der Waals surface area contributed by atoms with E-state index in [1.165, 1.54) is 31.2 Å². The van der Waals surface area contributed by atoms with Gasteiger partial charge in [0, 0.05) is 22.1 Å². The molecule has 2 atom stereocenters. The molecule has 0 amide bonds. The number of nitrogens with one attached hydrogen (secondary N) is 1. The highest BCUT2D eigenvalue weighted by Crippen LogP contribution is 2.32. The SMILES string of the molecule is CCNC1CCCC(SCc2ccccc2Cl)C1. The molecule has 2 rings (SSSR count). The fourth-order valence-corrected chi connectivity index (χ4v) is 4.24. The normalized spacial score (nSPS) is 24.1. The van der Waals surface area contributed by atoms with Crippen molar-refractivity contribution in [3.63, 3.8) is 0 Å². The van der Waals surface area contributed by atoms with Gasteiger partial charge in [0.1, 0.15) is 0 Å². The van der Waals surface area contributed by atoms with Crippen molar-refractivity contribution in [2.75, 3.05) is 6.54 Å². The Bertz CT molecular complexity index is 367. The van der Waals surface area contributed by atoms with Gasteiger partial charge in [0.15, 0.2) is 0 Å². The molecule has 1 aliphatic carbocycles. The first kappa shape index (κ1) is 14.2. The highest BCUT2D eigenvalue weighted by Gasteiger charge is 2.21. The molecular weight excluding hydrogens is 262 g/mol. The molecule has 1 nitrogen and oxygen atoms in total. The first-order valence-electron chi connectivity index (χ1n) is 6.88. The summed E-state index contributed by atoms with van der Waals surface area (Å²) in [6.45, 7) is 3.28. The van der Waals surface area contributed by atoms with Crippen molar-refractivity contribution in [3.05, 3.63) is 34.9 Å². The molecule has 1 aliphatic rings. The van der Waals surface area contributed by atoms with Crippen molar-refractivity contribution in [2.24, 2.45) is 0 Å². The Hall–Kier alpha value is -0.180. The van der Waals surface area contributed by atoms with Crippen LogP contribution in [0.1, 0.15) is 38.2 Å². The number of hydrogen-bond acceptors (Lipinski definition) is 2. The van der Waals surface area contributed by atoms with Crippen LogP contribution in [0.4, 0.5) is 0 Å². The van der Waals surface area contributed by atoms with E-state index in [0.717, 1.165) is 28.6 Å². The molecule has 1 fully saturated rings. The first-order chi connectivity index (χ1) is 8.79. The summed E-state index contributed by atoms with van der Waals surface area (Å²) in [4.78, 5) is 0. The zero-order chi connectivity index (χ0) is 12.8. The fraction of sp³-hybridized carbons (Fsp3) is 0.600. The van der Waals surface area contributed by atoms with Gasteiger partial charge in [-0.2, -0.15) is 11.8 Å². The number of hydrogen-bond donors (Lipinski definition) is 1. The van der Waals surface area contributed by atoms with Crippen LogP contribution in [0.2, 0.25) is 5.02 Å². The van der Waals surface area contributed by atoms with Crippen molar-refractivity contribution in [3.8, 4) is 0 Å². The third-order valence-corrected chi connectivity index (χ3v) is 5.30. The summed E-state index contributed by atoms with van der Waals surface area (Å²) in [5, 5.41) is 5.28. The Labute approximate surface area is 120 Å². The van der Waals surface area contributed by atoms with Crippen LogP contribution in [0.15, 0.2) is 24.3 Å². The van der Waals surface area contributed by atoms with Gasteiger partial charge >= 0.3 is 0 Å². The van der Waals surface area contributed by atoms with E-state index in [2.05, 4.69) is 36.1 Å². The van der Waals surface area contributed by atoms with E-state index >= 15 is 0 Å². The van der Waals surface area contributed by atoms with E-state index in [4.69, 9.17) is 11.6 Å². The molecule has 0 spiro atoms. The number of benzene rings is 1. The van der Waals surface area contributed by atoms with E-state index in [1.54, 1.807) is 0 Å². The summed E-state index contributed by atoms with van der Waals surface area (Å²) in [6, 6.07) is 8.93. The van der Waals surface area contributed by atoms with Crippen molar-refractivity contribution in [1.82, 2.24) is 5.32 Å². The van der Waals surface area contributed by atoms with Gasteiger partial charge in [-0.15, -0.1) is 0 Å². The van der Waals surface area contributed by atoms with E-state index < -0.39 is 0 Å². The summed E-state index contributed by atoms with van der Waals surface area (Å²) < 4.78 is 0. The van der Waals surface area contributed by atoms with Crippen LogP contribution in [-0.4, -0.2) is 17.8 Å². The smallest absolute Gasteiger partial charge is 0.0446 e. The molecule has 1 N–H and O–H groups in total. The highest BCUT2D eigenvalue weighted by atomic mass is 35.5. The Morgan fingerprint density at radius 2 is 2.17 bits per heavy atom. The standard InChI is InChI=1S/C15H22ClNS/c1-2-17-13-7-5-8-14(10-13)18-11-12-6-3-4-9-15(12)16/h3-4,6,9,13-14,17H,2,5,7-8,10-11H2,1H3. The fourth-order valence-electron chi connectivity index (χ4n) is 2.59. The van der Waals surface area contributed by atoms with Gasteiger partial charge in [-0.05, 0) is 37.4 Å². The Morgan fingerprint density at radius 1 is 1.33 bits per heavy atom. The van der Waals surface area contributed by atoms with Gasteiger partial charge in [-0.25, -0.2) is 0 Å². The second-order valence-electron chi connectivity index (χ2n) is 4.95. The van der Waals surface area contributed by atoms with Crippen LogP contribution in [0.5, 0.6) is 0 Å². The maximum atomic E-state index is 6.19. The van der Waals surface area contributed by atoms with Crippen molar-refractivity contribution < 1.29 is 0 Å². The molecule has 0 heterocycles. The maximum absolute atomic E-state index is 6.19. The summed E-state index contributed by atoms with van der Waals surface area (Å²) in [7, 11) is 0. The zero-order valence-electron chi connectivity index (χ0n) is 11.0. The van der Waals surface area contributed by atoms with Gasteiger partial charge in [-0.3, -0.25) is 0 Å². The monoisotopic (exact) mass is 283 g/mol. The van der Waals surface area contributed by atoms with Gasteiger partial charge in [0.05, 0.1) is 0 Å². The van der Waals surface area contributed by atoms with Gasteiger partial charge in [0.25, 0.3) is 0 Å². The summed E-state index contributed by atoms with van der Waals surface area (Å²) in [5.41, 5.74) is 1.27. The van der Waals surface area contributed by atoms with Crippen LogP contribution in [0.3, 0.4) is 0 Å². The lowest BCUT2D eigenvalue weighted by Crippen LogP contribution is -2.34. The number of thioether (sulfide) groups is 1. The van der Waals surface area contributed by atoms with Crippen LogP contribution in [0, 0.1) is 0 Å². The molecule has 1 aromatic carbocycles. The molecule has 100 valence electrons. The van der Waals surface area contributed by atoms with E-state index in [1.807, 2.05) is 12.1 Å². The molecule has 0 bridgehead atoms. The molecule has 1 saturated carbocycles. The van der Waals surface area contributed by atoms with Crippen molar-refractivity contribution in [1.29, 1.82) is 0 Å². The molecule has 3 heteroatoms. The molecule has 0 aliphatic heterocycles. The Kier molecular flexibility index (Phi) is 5.87. The average Bonchev–Trinajstić information content (AvgIpc) is 2.39. The minimum absolute atomic E-state index is 0.729. The highest BCUT2D eigenvalue weighted by molar-refractivity contribution is 7.99. The van der Waals surface area contributed by atoms with E-state index in [-0.39, 0.29) is 0 Å². The molecule has 1 aromatic rings. The van der Waals surface area contributed by atoms with E-state index in [0.29, 0.717) is 0 Å². The van der Waals surface area contributed by atoms with Crippen molar-refractivity contribution in [2.45, 2.75) is 49.7 Å². The van der Waals surface area contributed by atoms with E-state index in [9.17, 15) is 0 Å². The van der Waals surface area contributed by atoms with Gasteiger partial charge in [0.2, 0.25) is 0 Å². The molecule has 2 unspecified atom stereocenters. The molecule has 0 aromatic heterocycles. The van der Waals surface area contributed by atoms with Crippen LogP contribution in [-0.2, 0) is 5.75 Å². The lowest BCUT2D eigenvalue weighted by molar-refractivity contribution is 0.387. The zero-order valence-corrected chi connectivity index (χ0v) is 12.6. The third-order valence-electron chi connectivity index (χ3n) is 3.55. The minimum atomic E-state index is 0.729. The average molecular weight is 284 g/mol. The van der Waals surface area contributed by atoms with Gasteiger partial charge in [-0.1, -0.05) is 43.1 Å². The summed E-state index contributed by atoms with van der Waals surface area (Å²) in [6.07, 6.45) is 5.37. The molecule has 0 saturated heterocycles. The largest absolute Gasteiger partial charge is 0.314 e. The van der Waals surface area contributed by atoms with Crippen LogP contribution in [0.25, 0.3) is 0 Å². The molecule has 0 radical (unpaired) electrons. The second-order valence-corrected chi connectivity index (χ2v) is 6.64. The predicted molar refractivity (Wildman–Crippen MR) is 82.5 cm³/mol. The van der Waals surface area contributed by atoms with Crippen LogP contribution >= 0.6 is 23.4 Å². The molecule has 18 heavy (non-hydrogen) atoms. The quantitative estimate of drug-likeness (QED) is 0.854. The Morgan fingerprint density at radius 3 is 2.94 bits per heavy atom. The first-order valence-corrected chi connectivity index (χ1v) is 8.30. The molecular formula is C15H22ClNS. The van der Waals surface area contributed by atoms with Gasteiger partial charge < -0.3 is 5.32 Å². The summed E-state index contributed by atoms with van der Waals surface area (Å²) in [5.74, 6) is 1.04. The second kappa shape index (κ2) is 7.42. The third kappa shape index (κ3) is 4.18. The topological polar surface area (TPSA) is 12.0 Å². The number of halogens is 1. The number of rotatable bonds is 5. The lowest BCUT2D eigenvalue weighted by atomic mass is 9.95. The van der Waals surface area contributed by atoms with Crippen molar-refractivity contribution >= 4 is 23.4 Å². The Balaban J connectivity index is 1.81. The predicted octanol–water partition coefficient (Wildman–Crippen LogP) is 4.49.